The topological polar surface area (TPSA) is 20.2 Å². The number of alkyl halides is 10. The van der Waals surface area contributed by atoms with Crippen LogP contribution in [-0.4, -0.2) is 36.4 Å². The highest BCUT2D eigenvalue weighted by Crippen LogP contribution is 2.54. The summed E-state index contributed by atoms with van der Waals surface area (Å²) in [5, 5.41) is 7.00. The summed E-state index contributed by atoms with van der Waals surface area (Å²) < 4.78 is 113. The maximum Gasteiger partial charge on any atom is 0.440 e. The van der Waals surface area contributed by atoms with Gasteiger partial charge in [0.15, 0.2) is 0 Å². The molecule has 1 N–H and O–H groups in total. The van der Waals surface area contributed by atoms with Crippen LogP contribution in [0.3, 0.4) is 0 Å². The molecule has 0 fully saturated rings. The van der Waals surface area contributed by atoms with Gasteiger partial charge in [0.05, 0.1) is 0 Å². The number of aliphatic hydroxyl groups excluding tert-OH is 1. The van der Waals surface area contributed by atoms with E-state index in [9.17, 15) is 43.9 Å². The quantitative estimate of drug-likeness (QED) is 0.671. The normalized spacial score (nSPS) is 14.2. The monoisotopic (exact) mass is 270 g/mol. The lowest BCUT2D eigenvalue weighted by molar-refractivity contribution is -0.422. The Kier molecular flexibility index (Phi) is 5.11. The summed E-state index contributed by atoms with van der Waals surface area (Å²) in [6, 6.07) is 0. The summed E-state index contributed by atoms with van der Waals surface area (Å²) in [5.74, 6) is 0. The van der Waals surface area contributed by atoms with E-state index in [0.717, 1.165) is 7.11 Å². The van der Waals surface area contributed by atoms with Crippen LogP contribution >= 0.6 is 0 Å². The van der Waals surface area contributed by atoms with Crippen LogP contribution in [-0.2, 0) is 0 Å². The van der Waals surface area contributed by atoms with Crippen LogP contribution in [0.2, 0.25) is 0 Å². The molecule has 0 radical (unpaired) electrons. The SMILES string of the molecule is CO.FC(F)(F)C(F)(C(F)(F)F)C(F)(F)F. The highest BCUT2D eigenvalue weighted by atomic mass is 19.4. The highest BCUT2D eigenvalue weighted by molar-refractivity contribution is 5.00. The van der Waals surface area contributed by atoms with Crippen molar-refractivity contribution in [2.24, 2.45) is 0 Å². The third-order valence-electron chi connectivity index (χ3n) is 1.17. The molecule has 0 aromatic rings. The van der Waals surface area contributed by atoms with Crippen molar-refractivity contribution in [3.05, 3.63) is 0 Å². The predicted octanol–water partition coefficient (Wildman–Crippen LogP) is 2.99. The lowest BCUT2D eigenvalue weighted by Gasteiger charge is -2.31. The molecule has 100 valence electrons. The van der Waals surface area contributed by atoms with E-state index in [1.54, 1.807) is 0 Å². The van der Waals surface area contributed by atoms with Gasteiger partial charge in [-0.05, 0) is 0 Å². The molecule has 0 amide bonds. The van der Waals surface area contributed by atoms with E-state index in [-0.39, 0.29) is 0 Å². The van der Waals surface area contributed by atoms with Crippen LogP contribution in [0.1, 0.15) is 0 Å². The first-order valence-corrected chi connectivity index (χ1v) is 3.09. The van der Waals surface area contributed by atoms with E-state index in [2.05, 4.69) is 0 Å². The fraction of sp³-hybridized carbons (Fsp3) is 1.00. The predicted molar refractivity (Wildman–Crippen MR) is 30.1 cm³/mol. The Labute approximate surface area is 81.7 Å². The molecule has 0 saturated heterocycles. The summed E-state index contributed by atoms with van der Waals surface area (Å²) in [4.78, 5) is 0. The summed E-state index contributed by atoms with van der Waals surface area (Å²) in [7, 11) is 1.00. The Hall–Kier alpha value is -0.740. The molecule has 0 saturated carbocycles. The molecule has 0 spiro atoms. The minimum absolute atomic E-state index is 1.00. The largest absolute Gasteiger partial charge is 0.440 e. The number of hydrogen-bond donors (Lipinski definition) is 1. The maximum absolute atomic E-state index is 11.9. The number of rotatable bonds is 0. The first-order valence-electron chi connectivity index (χ1n) is 3.09. The fourth-order valence-electron chi connectivity index (χ4n) is 0.482. The third kappa shape index (κ3) is 2.89. The van der Waals surface area contributed by atoms with E-state index in [1.165, 1.54) is 0 Å². The average Bonchev–Trinajstić information content (AvgIpc) is 2.00. The van der Waals surface area contributed by atoms with Crippen molar-refractivity contribution in [2.45, 2.75) is 24.2 Å². The Balaban J connectivity index is 0. The van der Waals surface area contributed by atoms with Crippen LogP contribution < -0.4 is 0 Å². The molecule has 1 nitrogen and oxygen atoms in total. The van der Waals surface area contributed by atoms with Crippen molar-refractivity contribution < 1.29 is 49.0 Å². The Morgan fingerprint density at radius 1 is 0.500 bits per heavy atom. The molecule has 0 rings (SSSR count). The van der Waals surface area contributed by atoms with E-state index >= 15 is 0 Å². The first kappa shape index (κ1) is 17.6. The molecule has 16 heavy (non-hydrogen) atoms. The van der Waals surface area contributed by atoms with Crippen molar-refractivity contribution in [3.8, 4) is 0 Å². The van der Waals surface area contributed by atoms with Crippen LogP contribution in [0, 0.1) is 0 Å². The molecule has 0 aliphatic heterocycles. The van der Waals surface area contributed by atoms with E-state index < -0.39 is 24.2 Å². The molecule has 11 heteroatoms. The number of halogens is 10. The number of aliphatic hydroxyl groups is 1. The van der Waals surface area contributed by atoms with Crippen molar-refractivity contribution in [3.63, 3.8) is 0 Å². The second-order valence-corrected chi connectivity index (χ2v) is 2.15. The van der Waals surface area contributed by atoms with Gasteiger partial charge < -0.3 is 5.11 Å². The summed E-state index contributed by atoms with van der Waals surface area (Å²) in [5.41, 5.74) is -7.19. The minimum Gasteiger partial charge on any atom is -0.400 e. The van der Waals surface area contributed by atoms with Gasteiger partial charge in [0.2, 0.25) is 0 Å². The molecule has 0 bridgehead atoms. The van der Waals surface area contributed by atoms with Crippen LogP contribution in [0.25, 0.3) is 0 Å². The Morgan fingerprint density at radius 2 is 0.625 bits per heavy atom. The molecule has 0 unspecified atom stereocenters. The zero-order chi connectivity index (χ0) is 14.0. The Morgan fingerprint density at radius 3 is 0.625 bits per heavy atom. The molecule has 0 aliphatic rings. The summed E-state index contributed by atoms with van der Waals surface area (Å²) in [6.07, 6.45) is -21.3. The molecular weight excluding hydrogens is 266 g/mol. The average molecular weight is 270 g/mol. The lowest BCUT2D eigenvalue weighted by atomic mass is 10.1. The van der Waals surface area contributed by atoms with Gasteiger partial charge in [-0.3, -0.25) is 0 Å². The van der Waals surface area contributed by atoms with Crippen LogP contribution in [0.5, 0.6) is 0 Å². The smallest absolute Gasteiger partial charge is 0.400 e. The lowest BCUT2D eigenvalue weighted by Crippen LogP contribution is -2.62. The van der Waals surface area contributed by atoms with Gasteiger partial charge in [0.25, 0.3) is 0 Å². The van der Waals surface area contributed by atoms with Gasteiger partial charge in [-0.15, -0.1) is 0 Å². The van der Waals surface area contributed by atoms with Gasteiger partial charge in [-0.25, -0.2) is 4.39 Å². The van der Waals surface area contributed by atoms with E-state index in [0.29, 0.717) is 0 Å². The van der Waals surface area contributed by atoms with E-state index in [4.69, 9.17) is 5.11 Å². The fourth-order valence-corrected chi connectivity index (χ4v) is 0.482. The van der Waals surface area contributed by atoms with Crippen molar-refractivity contribution in [2.75, 3.05) is 7.11 Å². The van der Waals surface area contributed by atoms with Crippen molar-refractivity contribution in [1.82, 2.24) is 0 Å². The number of hydrogen-bond acceptors (Lipinski definition) is 1. The zero-order valence-corrected chi connectivity index (χ0v) is 7.23. The van der Waals surface area contributed by atoms with Gasteiger partial charge in [-0.1, -0.05) is 0 Å². The van der Waals surface area contributed by atoms with Crippen LogP contribution in [0.4, 0.5) is 43.9 Å². The third-order valence-corrected chi connectivity index (χ3v) is 1.17. The molecular formula is C5H4F10O. The molecule has 0 aliphatic carbocycles. The Bertz CT molecular complexity index is 173. The molecule has 0 atom stereocenters. The zero-order valence-electron chi connectivity index (χ0n) is 7.23. The molecule has 0 heterocycles. The highest BCUT2D eigenvalue weighted by Gasteiger charge is 2.85. The summed E-state index contributed by atoms with van der Waals surface area (Å²) in [6.45, 7) is 0. The summed E-state index contributed by atoms with van der Waals surface area (Å²) >= 11 is 0. The van der Waals surface area contributed by atoms with Crippen molar-refractivity contribution >= 4 is 0 Å². The first-order chi connectivity index (χ1) is 6.75. The van der Waals surface area contributed by atoms with Gasteiger partial charge in [0, 0.05) is 7.11 Å². The minimum atomic E-state index is -7.19. The maximum atomic E-state index is 11.9. The van der Waals surface area contributed by atoms with Crippen LogP contribution in [0.15, 0.2) is 0 Å². The second kappa shape index (κ2) is 4.63. The molecule has 0 aromatic carbocycles. The van der Waals surface area contributed by atoms with Gasteiger partial charge >= 0.3 is 24.2 Å². The molecule has 0 aromatic heterocycles. The second-order valence-electron chi connectivity index (χ2n) is 2.15. The standard InChI is InChI=1S/C4F10.CH4O/c5-1(2(6,7)8,3(9,10)11)4(12,13)14;1-2/h;2H,1H3. The van der Waals surface area contributed by atoms with E-state index in [1.807, 2.05) is 0 Å². The van der Waals surface area contributed by atoms with Gasteiger partial charge in [0.1, 0.15) is 0 Å². The van der Waals surface area contributed by atoms with Gasteiger partial charge in [-0.2, -0.15) is 39.5 Å². The van der Waals surface area contributed by atoms with Crippen molar-refractivity contribution in [1.29, 1.82) is 0 Å².